The van der Waals surface area contributed by atoms with Crippen molar-refractivity contribution < 1.29 is 103 Å². The Morgan fingerprint density at radius 2 is 0.560 bits per heavy atom. The summed E-state index contributed by atoms with van der Waals surface area (Å²) in [5.41, 5.74) is 8.04. The second-order valence-electron chi connectivity index (χ2n) is 22.8. The zero-order chi connectivity index (χ0) is 66.2. The van der Waals surface area contributed by atoms with Crippen LogP contribution in [-0.2, 0) is 10.8 Å². The number of ether oxygens (including phenoxy) is 4. The maximum absolute atomic E-state index is 9.98. The smallest absolute Gasteiger partial charge is 0.358 e. The van der Waals surface area contributed by atoms with Crippen LogP contribution in [-0.4, -0.2) is 20.4 Å². The van der Waals surface area contributed by atoms with Crippen molar-refractivity contribution in [3.05, 3.63) is 253 Å². The summed E-state index contributed by atoms with van der Waals surface area (Å²) in [4.78, 5) is 0. The molecule has 0 aliphatic heterocycles. The normalized spacial score (nSPS) is 11.3. The molecule has 0 aromatic heterocycles. The lowest BCUT2D eigenvalue weighted by Crippen LogP contribution is -3.62. The Labute approximate surface area is 674 Å². The summed E-state index contributed by atoms with van der Waals surface area (Å²) in [6.07, 6.45) is 0. The molecule has 0 bridgehead atoms. The van der Waals surface area contributed by atoms with E-state index in [1.54, 1.807) is 6.07 Å². The molecule has 10 aromatic carbocycles. The Kier molecular flexibility index (Phi) is 28.1. The van der Waals surface area contributed by atoms with Crippen molar-refractivity contribution in [2.45, 2.75) is 80.1 Å². The summed E-state index contributed by atoms with van der Waals surface area (Å²) in [5, 5.41) is 39.7. The number of phenolic OH excluding ortho intramolecular Hbond substituents is 4. The number of halogens is 11. The molecule has 0 saturated heterocycles. The van der Waals surface area contributed by atoms with E-state index in [0.29, 0.717) is 17.2 Å². The van der Waals surface area contributed by atoms with E-state index in [0.717, 1.165) is 63.1 Å². The van der Waals surface area contributed by atoms with E-state index >= 15 is 0 Å². The fraction of sp³-hybridized carbons (Fsp3) is 0.167. The molecule has 0 aliphatic carbocycles. The molecule has 4 N–H and O–H groups in total. The Morgan fingerprint density at radius 1 is 0.286 bits per heavy atom. The van der Waals surface area contributed by atoms with Gasteiger partial charge in [0.15, 0.2) is 21.4 Å². The van der Waals surface area contributed by atoms with E-state index in [-0.39, 0.29) is 91.7 Å². The van der Waals surface area contributed by atoms with Crippen molar-refractivity contribution in [1.29, 1.82) is 0 Å². The minimum atomic E-state index is -0.373. The van der Waals surface area contributed by atoms with Gasteiger partial charge in [-0.2, -0.15) is 0 Å². The first-order valence-corrected chi connectivity index (χ1v) is 43.0. The monoisotopic (exact) mass is 2450 g/mol. The quantitative estimate of drug-likeness (QED) is 0.0796. The molecule has 19 heteroatoms. The third-order valence-electron chi connectivity index (χ3n) is 13.5. The molecule has 0 unspecified atom stereocenters. The highest BCUT2D eigenvalue weighted by Gasteiger charge is 2.25. The number of benzene rings is 10. The molecule has 10 aromatic rings. The topological polar surface area (TPSA) is 118 Å². The first-order chi connectivity index (χ1) is 42.9. The van der Waals surface area contributed by atoms with Gasteiger partial charge in [-0.05, 0) is 376 Å². The van der Waals surface area contributed by atoms with E-state index in [9.17, 15) is 20.4 Å². The van der Waals surface area contributed by atoms with Crippen molar-refractivity contribution in [2.24, 2.45) is 0 Å². The maximum atomic E-state index is 9.98. The SMILES string of the molecule is Cc1cc(Oc2cc(I)c(O)c(I)c2)ccc1[I+]c1ccc(C(C)(C)C)cc1.Cc1cc(Oc2cc(I)c(O)c(I)c2)ccc1[I+]c1ccc(Oc2cc(I)c(O)c(I)c2)cc1C.Cc1cc(Oc2cc(I)c(O)cc2I)ccc1[I+]c1ccc(C(C)(C)C)cc1. The lowest BCUT2D eigenvalue weighted by Gasteiger charge is -2.18. The maximum Gasteiger partial charge on any atom is 0.358 e. The largest absolute Gasteiger partial charge is 0.507 e. The standard InChI is InChI=1S/C26H17I5O4.2C23H21I3O2/c1-13-7-15(34-17-9-19(27)25(32)20(28)10-17)3-5-23(13)31-24-6-4-16(8-14(24)2)35-18-11-21(29)26(33)22(30)12-18;1-14-11-17(28-22-13-18(24)21(27)12-19(22)25)9-10-20(14)26-16-7-5-15(6-8-16)23(2,3)4;1-14-11-17(28-18-12-19(24)22(27)20(25)13-18)9-10-21(14)26-16-7-5-15(6-8-16)23(2,3)4/h3-12H,1-2H3,(H-,32,33);2*5-13H,1-4H3/p+3. The Hall–Kier alpha value is -1.37. The summed E-state index contributed by atoms with van der Waals surface area (Å²) in [7, 11) is 0. The molecular weight excluding hydrogens is 2390 g/mol. The van der Waals surface area contributed by atoms with Crippen LogP contribution >= 0.6 is 181 Å². The summed E-state index contributed by atoms with van der Waals surface area (Å²) in [5.74, 6) is 7.31. The van der Waals surface area contributed by atoms with Crippen LogP contribution in [0.5, 0.6) is 69.0 Å². The highest BCUT2D eigenvalue weighted by Crippen LogP contribution is 2.37. The molecule has 10 rings (SSSR count). The van der Waals surface area contributed by atoms with Crippen LogP contribution in [0.4, 0.5) is 0 Å². The van der Waals surface area contributed by atoms with Crippen molar-refractivity contribution in [3.8, 4) is 69.0 Å². The number of hydrogen-bond acceptors (Lipinski definition) is 8. The van der Waals surface area contributed by atoms with Crippen molar-refractivity contribution in [3.63, 3.8) is 0 Å². The highest BCUT2D eigenvalue weighted by molar-refractivity contribution is 14.1. The zero-order valence-electron chi connectivity index (χ0n) is 50.7. The Bertz CT molecular complexity index is 4080. The van der Waals surface area contributed by atoms with Crippen LogP contribution in [0.3, 0.4) is 0 Å². The van der Waals surface area contributed by atoms with Crippen LogP contribution in [0.1, 0.15) is 74.9 Å². The average Bonchev–Trinajstić information content (AvgIpc) is 2.07. The van der Waals surface area contributed by atoms with Gasteiger partial charge in [-0.15, -0.1) is 0 Å². The van der Waals surface area contributed by atoms with Gasteiger partial charge in [-0.1, -0.05) is 65.8 Å². The fourth-order valence-electron chi connectivity index (χ4n) is 8.45. The zero-order valence-corrected chi connectivity index (χ0v) is 74.5. The molecule has 0 saturated carbocycles. The third kappa shape index (κ3) is 21.8. The number of phenols is 4. The molecule has 91 heavy (non-hydrogen) atoms. The molecule has 8 nitrogen and oxygen atoms in total. The van der Waals surface area contributed by atoms with Gasteiger partial charge in [0, 0.05) is 22.3 Å². The van der Waals surface area contributed by atoms with Crippen LogP contribution in [0.15, 0.2) is 170 Å². The van der Waals surface area contributed by atoms with Gasteiger partial charge in [0.2, 0.25) is 0 Å². The van der Waals surface area contributed by atoms with E-state index in [4.69, 9.17) is 18.9 Å². The van der Waals surface area contributed by atoms with Gasteiger partial charge in [0.25, 0.3) is 0 Å². The Balaban J connectivity index is 0.000000178. The molecule has 472 valence electrons. The predicted octanol–water partition coefficient (Wildman–Crippen LogP) is 14.1. The van der Waals surface area contributed by atoms with Crippen LogP contribution in [0.2, 0.25) is 0 Å². The summed E-state index contributed by atoms with van der Waals surface area (Å²) in [6.45, 7) is 22.0. The van der Waals surface area contributed by atoms with Crippen molar-refractivity contribution in [1.82, 2.24) is 0 Å². The van der Waals surface area contributed by atoms with E-state index in [1.165, 1.54) is 54.8 Å². The van der Waals surface area contributed by atoms with Crippen LogP contribution in [0.25, 0.3) is 0 Å². The molecule has 0 radical (unpaired) electrons. The molecule has 0 amide bonds. The van der Waals surface area contributed by atoms with Gasteiger partial charge < -0.3 is 39.4 Å². The average molecular weight is 2450 g/mol. The van der Waals surface area contributed by atoms with Gasteiger partial charge in [0.05, 0.1) is 28.6 Å². The molecular formula is C72H62I11O8+3. The first kappa shape index (κ1) is 75.4. The molecule has 0 fully saturated rings. The van der Waals surface area contributed by atoms with E-state index in [1.807, 2.05) is 66.7 Å². The Morgan fingerprint density at radius 3 is 0.835 bits per heavy atom. The third-order valence-corrected chi connectivity index (χ3v) is 30.0. The molecule has 0 spiro atoms. The number of hydrogen-bond donors (Lipinski definition) is 4. The minimum Gasteiger partial charge on any atom is -0.507 e. The highest BCUT2D eigenvalue weighted by atomic mass is 127. The summed E-state index contributed by atoms with van der Waals surface area (Å²) >= 11 is 16.1. The van der Waals surface area contributed by atoms with Gasteiger partial charge in [0.1, 0.15) is 69.0 Å². The van der Waals surface area contributed by atoms with E-state index < -0.39 is 0 Å². The second-order valence-corrected chi connectivity index (χ2v) is 40.8. The van der Waals surface area contributed by atoms with Gasteiger partial charge in [-0.25, -0.2) is 0 Å². The minimum absolute atomic E-state index is 0.190. The van der Waals surface area contributed by atoms with Gasteiger partial charge >= 0.3 is 63.6 Å². The summed E-state index contributed by atoms with van der Waals surface area (Å²) in [6, 6.07) is 57.9. The lowest BCUT2D eigenvalue weighted by molar-refractivity contribution is -0.598. The van der Waals surface area contributed by atoms with Gasteiger partial charge in [-0.3, -0.25) is 0 Å². The molecule has 0 atom stereocenters. The molecule has 0 heterocycles. The predicted molar refractivity (Wildman–Crippen MR) is 422 cm³/mol. The van der Waals surface area contributed by atoms with Crippen molar-refractivity contribution in [2.75, 3.05) is 0 Å². The number of aryl methyl sites for hydroxylation is 4. The van der Waals surface area contributed by atoms with Crippen molar-refractivity contribution >= 4 is 181 Å². The van der Waals surface area contributed by atoms with Crippen LogP contribution < -0.4 is 82.6 Å². The number of rotatable bonds is 14. The second kappa shape index (κ2) is 33.9. The number of aromatic hydroxyl groups is 4. The van der Waals surface area contributed by atoms with Crippen LogP contribution in [0, 0.1) is 77.7 Å². The summed E-state index contributed by atoms with van der Waals surface area (Å²) < 4.78 is 38.9. The van der Waals surface area contributed by atoms with E-state index in [2.05, 4.69) is 347 Å². The fourth-order valence-corrected chi connectivity index (χ4v) is 21.8. The lowest BCUT2D eigenvalue weighted by atomic mass is 9.87. The molecule has 0 aliphatic rings. The first-order valence-electron chi connectivity index (χ1n) is 27.9.